The summed E-state index contributed by atoms with van der Waals surface area (Å²) in [5.41, 5.74) is -1.51. The standard InChI is InChI=1S/C24H27F3N4O2S/c1-18-7-6-10-23-22(18)16-30(34(32,33)24(25,26)27)15-21(12-11-19-8-4-3-5-9-19)31(23)14-20-13-29(2)17-28-20/h3-10,13,17,21H,11-12,14-16H2,1-2H3/t21-/m0/s1. The summed E-state index contributed by atoms with van der Waals surface area (Å²) in [6.45, 7) is 1.55. The summed E-state index contributed by atoms with van der Waals surface area (Å²) in [7, 11) is -3.65. The summed E-state index contributed by atoms with van der Waals surface area (Å²) >= 11 is 0. The number of sulfonamides is 1. The Hall–Kier alpha value is -2.85. The number of fused-ring (bicyclic) bond motifs is 1. The molecule has 0 fully saturated rings. The molecule has 1 atom stereocenters. The Morgan fingerprint density at radius 1 is 1.09 bits per heavy atom. The molecule has 34 heavy (non-hydrogen) atoms. The molecule has 182 valence electrons. The lowest BCUT2D eigenvalue weighted by Gasteiger charge is -2.34. The van der Waals surface area contributed by atoms with Crippen LogP contribution >= 0.6 is 0 Å². The number of halogens is 3. The zero-order valence-corrected chi connectivity index (χ0v) is 19.9. The van der Waals surface area contributed by atoms with Crippen molar-refractivity contribution >= 4 is 15.7 Å². The average Bonchev–Trinajstić information content (AvgIpc) is 3.12. The number of hydrogen-bond donors (Lipinski definition) is 0. The van der Waals surface area contributed by atoms with Gasteiger partial charge < -0.3 is 9.47 Å². The molecule has 0 amide bonds. The molecule has 10 heteroatoms. The van der Waals surface area contributed by atoms with E-state index in [0.717, 1.165) is 22.5 Å². The van der Waals surface area contributed by atoms with Gasteiger partial charge in [-0.2, -0.15) is 17.5 Å². The molecule has 3 aromatic rings. The largest absolute Gasteiger partial charge is 0.511 e. The molecule has 0 N–H and O–H groups in total. The van der Waals surface area contributed by atoms with Crippen LogP contribution in [0.15, 0.2) is 61.1 Å². The van der Waals surface area contributed by atoms with Crippen molar-refractivity contribution in [1.29, 1.82) is 0 Å². The van der Waals surface area contributed by atoms with E-state index >= 15 is 0 Å². The minimum absolute atomic E-state index is 0.268. The van der Waals surface area contributed by atoms with E-state index in [9.17, 15) is 21.6 Å². The fraction of sp³-hybridized carbons (Fsp3) is 0.375. The Kier molecular flexibility index (Phi) is 6.73. The average molecular weight is 493 g/mol. The van der Waals surface area contributed by atoms with E-state index in [0.29, 0.717) is 29.3 Å². The van der Waals surface area contributed by atoms with Crippen LogP contribution in [0.5, 0.6) is 0 Å². The first kappa shape index (κ1) is 24.3. The van der Waals surface area contributed by atoms with Crippen molar-refractivity contribution in [3.8, 4) is 0 Å². The zero-order valence-electron chi connectivity index (χ0n) is 19.0. The molecule has 4 rings (SSSR count). The molecular formula is C24H27F3N4O2S. The number of alkyl halides is 3. The van der Waals surface area contributed by atoms with E-state index in [4.69, 9.17) is 0 Å². The van der Waals surface area contributed by atoms with Gasteiger partial charge in [-0.1, -0.05) is 42.5 Å². The monoisotopic (exact) mass is 492 g/mol. The highest BCUT2D eigenvalue weighted by molar-refractivity contribution is 7.89. The number of aryl methyl sites for hydroxylation is 3. The molecule has 2 aromatic carbocycles. The maximum Gasteiger partial charge on any atom is 0.511 e. The number of benzene rings is 2. The van der Waals surface area contributed by atoms with Crippen molar-refractivity contribution in [3.63, 3.8) is 0 Å². The summed E-state index contributed by atoms with van der Waals surface area (Å²) in [5.74, 6) is 0. The molecule has 0 spiro atoms. The molecule has 0 radical (unpaired) electrons. The smallest absolute Gasteiger partial charge is 0.361 e. The Labute approximate surface area is 197 Å². The normalized spacial score (nSPS) is 17.4. The lowest BCUT2D eigenvalue weighted by atomic mass is 10.0. The van der Waals surface area contributed by atoms with Gasteiger partial charge in [-0.05, 0) is 42.5 Å². The van der Waals surface area contributed by atoms with E-state index in [-0.39, 0.29) is 13.1 Å². The van der Waals surface area contributed by atoms with Gasteiger partial charge in [-0.15, -0.1) is 0 Å². The number of hydrogen-bond acceptors (Lipinski definition) is 4. The molecule has 1 aromatic heterocycles. The lowest BCUT2D eigenvalue weighted by Crippen LogP contribution is -2.47. The minimum atomic E-state index is -5.50. The van der Waals surface area contributed by atoms with Gasteiger partial charge in [0.05, 0.1) is 18.6 Å². The molecule has 0 saturated carbocycles. The predicted octanol–water partition coefficient (Wildman–Crippen LogP) is 4.40. The van der Waals surface area contributed by atoms with Crippen LogP contribution in [0.25, 0.3) is 0 Å². The summed E-state index contributed by atoms with van der Waals surface area (Å²) in [4.78, 5) is 6.42. The molecule has 0 saturated heterocycles. The van der Waals surface area contributed by atoms with Gasteiger partial charge in [0.2, 0.25) is 0 Å². The van der Waals surface area contributed by atoms with Gasteiger partial charge in [0.1, 0.15) is 0 Å². The fourth-order valence-corrected chi connectivity index (χ4v) is 5.38. The van der Waals surface area contributed by atoms with Crippen molar-refractivity contribution < 1.29 is 21.6 Å². The van der Waals surface area contributed by atoms with Gasteiger partial charge >= 0.3 is 15.5 Å². The summed E-state index contributed by atoms with van der Waals surface area (Å²) in [6, 6.07) is 14.7. The van der Waals surface area contributed by atoms with Crippen LogP contribution in [0.1, 0.15) is 28.8 Å². The number of anilines is 1. The van der Waals surface area contributed by atoms with Crippen molar-refractivity contribution in [1.82, 2.24) is 13.9 Å². The molecule has 6 nitrogen and oxygen atoms in total. The third-order valence-corrected chi connectivity index (χ3v) is 7.76. The second-order valence-electron chi connectivity index (χ2n) is 8.65. The Balaban J connectivity index is 1.78. The van der Waals surface area contributed by atoms with Gasteiger partial charge in [0.15, 0.2) is 0 Å². The first-order valence-corrected chi connectivity index (χ1v) is 12.4. The van der Waals surface area contributed by atoms with Crippen LogP contribution in [0.2, 0.25) is 0 Å². The van der Waals surface area contributed by atoms with E-state index in [1.807, 2.05) is 65.2 Å². The van der Waals surface area contributed by atoms with Gasteiger partial charge in [-0.3, -0.25) is 0 Å². The summed E-state index contributed by atoms with van der Waals surface area (Å²) < 4.78 is 68.3. The zero-order chi connectivity index (χ0) is 24.5. The summed E-state index contributed by atoms with van der Waals surface area (Å²) in [6.07, 6.45) is 4.61. The van der Waals surface area contributed by atoms with E-state index in [1.165, 1.54) is 0 Å². The number of imidazole rings is 1. The first-order chi connectivity index (χ1) is 16.1. The fourth-order valence-electron chi connectivity index (χ4n) is 4.42. The van der Waals surface area contributed by atoms with Crippen LogP contribution in [-0.2, 0) is 36.6 Å². The van der Waals surface area contributed by atoms with Gasteiger partial charge in [0.25, 0.3) is 0 Å². The van der Waals surface area contributed by atoms with Crippen LogP contribution in [0.3, 0.4) is 0 Å². The molecule has 0 bridgehead atoms. The van der Waals surface area contributed by atoms with Crippen molar-refractivity contribution in [2.45, 2.75) is 44.4 Å². The molecule has 0 aliphatic carbocycles. The van der Waals surface area contributed by atoms with Gasteiger partial charge in [-0.25, -0.2) is 13.4 Å². The van der Waals surface area contributed by atoms with Gasteiger partial charge in [0, 0.05) is 38.1 Å². The second-order valence-corrected chi connectivity index (χ2v) is 10.6. The third kappa shape index (κ3) is 4.97. The maximum atomic E-state index is 13.6. The second kappa shape index (κ2) is 9.42. The highest BCUT2D eigenvalue weighted by Gasteiger charge is 2.51. The quantitative estimate of drug-likeness (QED) is 0.512. The first-order valence-electron chi connectivity index (χ1n) is 11.0. The van der Waals surface area contributed by atoms with Crippen molar-refractivity contribution in [2.75, 3.05) is 11.4 Å². The van der Waals surface area contributed by atoms with Crippen molar-refractivity contribution in [3.05, 3.63) is 83.4 Å². The van der Waals surface area contributed by atoms with Crippen LogP contribution in [0.4, 0.5) is 18.9 Å². The topological polar surface area (TPSA) is 58.4 Å². The third-order valence-electron chi connectivity index (χ3n) is 6.22. The molecule has 0 unspecified atom stereocenters. The molecule has 1 aliphatic heterocycles. The summed E-state index contributed by atoms with van der Waals surface area (Å²) in [5, 5.41) is 0. The van der Waals surface area contributed by atoms with Crippen LogP contribution < -0.4 is 4.90 Å². The minimum Gasteiger partial charge on any atom is -0.361 e. The molecule has 1 aliphatic rings. The van der Waals surface area contributed by atoms with E-state index < -0.39 is 21.6 Å². The SMILES string of the molecule is Cc1cccc2c1CN(S(=O)(=O)C(F)(F)F)C[C@H](CCc1ccccc1)N2Cc1cn(C)cn1. The van der Waals surface area contributed by atoms with Crippen LogP contribution in [-0.4, -0.2) is 40.4 Å². The van der Waals surface area contributed by atoms with E-state index in [1.54, 1.807) is 19.3 Å². The molecular weight excluding hydrogens is 465 g/mol. The molecule has 2 heterocycles. The predicted molar refractivity (Wildman–Crippen MR) is 125 cm³/mol. The number of aromatic nitrogens is 2. The number of nitrogens with zero attached hydrogens (tertiary/aromatic N) is 4. The van der Waals surface area contributed by atoms with Crippen molar-refractivity contribution in [2.24, 2.45) is 7.05 Å². The highest BCUT2D eigenvalue weighted by atomic mass is 32.2. The van der Waals surface area contributed by atoms with Crippen LogP contribution in [0, 0.1) is 6.92 Å². The Morgan fingerprint density at radius 2 is 1.82 bits per heavy atom. The highest BCUT2D eigenvalue weighted by Crippen LogP contribution is 2.37. The lowest BCUT2D eigenvalue weighted by molar-refractivity contribution is -0.0492. The Bertz CT molecular complexity index is 1240. The Morgan fingerprint density at radius 3 is 2.47 bits per heavy atom. The van der Waals surface area contributed by atoms with E-state index in [2.05, 4.69) is 4.98 Å². The number of rotatable bonds is 6. The maximum absolute atomic E-state index is 13.6.